The summed E-state index contributed by atoms with van der Waals surface area (Å²) in [6.07, 6.45) is -0.420. The van der Waals surface area contributed by atoms with Crippen molar-refractivity contribution in [3.63, 3.8) is 0 Å². The fourth-order valence-corrected chi connectivity index (χ4v) is 1.10. The predicted molar refractivity (Wildman–Crippen MR) is 60.1 cm³/mol. The average Bonchev–Trinajstić information content (AvgIpc) is 2.05. The lowest BCUT2D eigenvalue weighted by Crippen LogP contribution is -2.42. The van der Waals surface area contributed by atoms with E-state index >= 15 is 0 Å². The fourth-order valence-electron chi connectivity index (χ4n) is 1.10. The Kier molecular flexibility index (Phi) is 3.35. The molecule has 0 bridgehead atoms. The summed E-state index contributed by atoms with van der Waals surface area (Å²) in [6.45, 7) is 7.63. The van der Waals surface area contributed by atoms with Gasteiger partial charge < -0.3 is 10.1 Å². The predicted octanol–water partition coefficient (Wildman–Crippen LogP) is 2.88. The number of hydrogen-bond donors (Lipinski definition) is 1. The third-order valence-electron chi connectivity index (χ3n) is 1.77. The normalized spacial score (nSPS) is 10.9. The lowest BCUT2D eigenvalue weighted by molar-refractivity contribution is 0.190. The molecule has 0 aromatic heterocycles. The van der Waals surface area contributed by atoms with Gasteiger partial charge in [0.2, 0.25) is 0 Å². The number of rotatable bonds is 1. The molecule has 1 aromatic rings. The second kappa shape index (κ2) is 4.34. The Morgan fingerprint density at radius 3 is 2.40 bits per heavy atom. The molecule has 0 saturated heterocycles. The van der Waals surface area contributed by atoms with Gasteiger partial charge in [0, 0.05) is 5.54 Å². The lowest BCUT2D eigenvalue weighted by Gasteiger charge is -2.20. The van der Waals surface area contributed by atoms with Crippen molar-refractivity contribution in [1.82, 2.24) is 5.32 Å². The Bertz CT molecular complexity index is 353. The van der Waals surface area contributed by atoms with Crippen LogP contribution >= 0.6 is 0 Å². The number of hydrogen-bond acceptors (Lipinski definition) is 2. The van der Waals surface area contributed by atoms with Crippen LogP contribution in [0.5, 0.6) is 5.75 Å². The first-order chi connectivity index (χ1) is 6.88. The monoisotopic (exact) mass is 207 g/mol. The minimum absolute atomic E-state index is 0.278. The molecule has 0 radical (unpaired) electrons. The Morgan fingerprint density at radius 1 is 1.27 bits per heavy atom. The van der Waals surface area contributed by atoms with Gasteiger partial charge in [0.05, 0.1) is 0 Å². The van der Waals surface area contributed by atoms with Crippen LogP contribution in [0.15, 0.2) is 24.3 Å². The molecule has 0 spiro atoms. The average molecular weight is 207 g/mol. The highest BCUT2D eigenvalue weighted by Crippen LogP contribution is 2.16. The van der Waals surface area contributed by atoms with E-state index in [1.165, 1.54) is 0 Å². The van der Waals surface area contributed by atoms with E-state index in [9.17, 15) is 4.79 Å². The minimum atomic E-state index is -0.420. The van der Waals surface area contributed by atoms with Crippen molar-refractivity contribution in [3.05, 3.63) is 29.8 Å². The summed E-state index contributed by atoms with van der Waals surface area (Å²) in [4.78, 5) is 11.4. The van der Waals surface area contributed by atoms with Gasteiger partial charge in [-0.05, 0) is 39.3 Å². The Balaban J connectivity index is 2.64. The van der Waals surface area contributed by atoms with E-state index in [-0.39, 0.29) is 5.54 Å². The summed E-state index contributed by atoms with van der Waals surface area (Å²) in [5, 5.41) is 2.73. The van der Waals surface area contributed by atoms with Crippen LogP contribution in [0.25, 0.3) is 0 Å². The van der Waals surface area contributed by atoms with Crippen molar-refractivity contribution >= 4 is 6.09 Å². The van der Waals surface area contributed by atoms with E-state index in [0.29, 0.717) is 5.75 Å². The molecule has 1 aromatic carbocycles. The van der Waals surface area contributed by atoms with Crippen molar-refractivity contribution < 1.29 is 9.53 Å². The van der Waals surface area contributed by atoms with E-state index in [1.807, 2.05) is 45.9 Å². The van der Waals surface area contributed by atoms with E-state index in [0.717, 1.165) is 5.56 Å². The standard InChI is InChI=1S/C12H17NO2/c1-9-7-5-6-8-10(9)15-11(14)13-12(2,3)4/h5-8H,1-4H3,(H,13,14). The highest BCUT2D eigenvalue weighted by atomic mass is 16.6. The maximum atomic E-state index is 11.4. The van der Waals surface area contributed by atoms with Gasteiger partial charge in [-0.25, -0.2) is 4.79 Å². The molecular formula is C12H17NO2. The van der Waals surface area contributed by atoms with Crippen molar-refractivity contribution in [1.29, 1.82) is 0 Å². The lowest BCUT2D eigenvalue weighted by atomic mass is 10.1. The molecule has 0 atom stereocenters. The Hall–Kier alpha value is -1.51. The number of ether oxygens (including phenoxy) is 1. The highest BCUT2D eigenvalue weighted by Gasteiger charge is 2.15. The first-order valence-corrected chi connectivity index (χ1v) is 4.94. The third-order valence-corrected chi connectivity index (χ3v) is 1.77. The molecule has 1 N–H and O–H groups in total. The van der Waals surface area contributed by atoms with Crippen molar-refractivity contribution in [2.45, 2.75) is 33.2 Å². The third kappa shape index (κ3) is 4.02. The molecule has 3 heteroatoms. The van der Waals surface area contributed by atoms with Gasteiger partial charge in [-0.15, -0.1) is 0 Å². The van der Waals surface area contributed by atoms with E-state index in [4.69, 9.17) is 4.74 Å². The smallest absolute Gasteiger partial charge is 0.410 e. The van der Waals surface area contributed by atoms with Crippen LogP contribution in [0.2, 0.25) is 0 Å². The number of para-hydroxylation sites is 1. The molecule has 0 saturated carbocycles. The Labute approximate surface area is 90.4 Å². The van der Waals surface area contributed by atoms with Crippen molar-refractivity contribution in [3.8, 4) is 5.75 Å². The molecular weight excluding hydrogens is 190 g/mol. The molecule has 0 aliphatic carbocycles. The molecule has 0 fully saturated rings. The topological polar surface area (TPSA) is 38.3 Å². The van der Waals surface area contributed by atoms with Gasteiger partial charge >= 0.3 is 6.09 Å². The van der Waals surface area contributed by atoms with Gasteiger partial charge in [0.15, 0.2) is 0 Å². The van der Waals surface area contributed by atoms with Crippen LogP contribution < -0.4 is 10.1 Å². The SMILES string of the molecule is Cc1ccccc1OC(=O)NC(C)(C)C. The van der Waals surface area contributed by atoms with Gasteiger partial charge in [0.25, 0.3) is 0 Å². The first kappa shape index (κ1) is 11.6. The maximum Gasteiger partial charge on any atom is 0.413 e. The second-order valence-electron chi connectivity index (χ2n) is 4.53. The summed E-state index contributed by atoms with van der Waals surface area (Å²) in [5.74, 6) is 0.597. The summed E-state index contributed by atoms with van der Waals surface area (Å²) >= 11 is 0. The van der Waals surface area contributed by atoms with Crippen LogP contribution in [0.4, 0.5) is 4.79 Å². The zero-order valence-corrected chi connectivity index (χ0v) is 9.63. The largest absolute Gasteiger partial charge is 0.413 e. The van der Waals surface area contributed by atoms with E-state index < -0.39 is 6.09 Å². The molecule has 0 heterocycles. The molecule has 0 aliphatic rings. The summed E-state index contributed by atoms with van der Waals surface area (Å²) in [6, 6.07) is 7.42. The van der Waals surface area contributed by atoms with Gasteiger partial charge in [-0.1, -0.05) is 18.2 Å². The Morgan fingerprint density at radius 2 is 1.87 bits per heavy atom. The van der Waals surface area contributed by atoms with E-state index in [1.54, 1.807) is 6.07 Å². The summed E-state index contributed by atoms with van der Waals surface area (Å²) in [7, 11) is 0. The van der Waals surface area contributed by atoms with Crippen LogP contribution in [0, 0.1) is 6.92 Å². The first-order valence-electron chi connectivity index (χ1n) is 4.94. The number of carbonyl (C=O) groups excluding carboxylic acids is 1. The fraction of sp³-hybridized carbons (Fsp3) is 0.417. The number of benzene rings is 1. The molecule has 82 valence electrons. The molecule has 15 heavy (non-hydrogen) atoms. The van der Waals surface area contributed by atoms with Crippen LogP contribution in [-0.2, 0) is 0 Å². The summed E-state index contributed by atoms with van der Waals surface area (Å²) < 4.78 is 5.17. The van der Waals surface area contributed by atoms with Crippen molar-refractivity contribution in [2.24, 2.45) is 0 Å². The van der Waals surface area contributed by atoms with Crippen LogP contribution in [0.3, 0.4) is 0 Å². The zero-order valence-electron chi connectivity index (χ0n) is 9.63. The number of carbonyl (C=O) groups is 1. The number of amides is 1. The van der Waals surface area contributed by atoms with Crippen LogP contribution in [-0.4, -0.2) is 11.6 Å². The minimum Gasteiger partial charge on any atom is -0.410 e. The summed E-state index contributed by atoms with van der Waals surface area (Å²) in [5.41, 5.74) is 0.668. The second-order valence-corrected chi connectivity index (χ2v) is 4.53. The molecule has 1 rings (SSSR count). The molecule has 1 amide bonds. The molecule has 3 nitrogen and oxygen atoms in total. The zero-order chi connectivity index (χ0) is 11.5. The van der Waals surface area contributed by atoms with Gasteiger partial charge in [-0.2, -0.15) is 0 Å². The van der Waals surface area contributed by atoms with Gasteiger partial charge in [0.1, 0.15) is 5.75 Å². The van der Waals surface area contributed by atoms with Crippen molar-refractivity contribution in [2.75, 3.05) is 0 Å². The van der Waals surface area contributed by atoms with Crippen LogP contribution in [0.1, 0.15) is 26.3 Å². The molecule has 0 unspecified atom stereocenters. The quantitative estimate of drug-likeness (QED) is 0.769. The van der Waals surface area contributed by atoms with Gasteiger partial charge in [-0.3, -0.25) is 0 Å². The maximum absolute atomic E-state index is 11.4. The highest BCUT2D eigenvalue weighted by molar-refractivity contribution is 5.71. The molecule has 0 aliphatic heterocycles. The number of nitrogens with one attached hydrogen (secondary N) is 1. The number of aryl methyl sites for hydroxylation is 1. The van der Waals surface area contributed by atoms with E-state index in [2.05, 4.69) is 5.32 Å².